The van der Waals surface area contributed by atoms with Gasteiger partial charge in [0.1, 0.15) is 0 Å². The molecule has 1 heterocycles. The van der Waals surface area contributed by atoms with Crippen molar-refractivity contribution in [2.45, 2.75) is 57.3 Å². The van der Waals surface area contributed by atoms with Crippen molar-refractivity contribution in [1.29, 1.82) is 0 Å². The van der Waals surface area contributed by atoms with Gasteiger partial charge in [-0.25, -0.2) is 0 Å². The molecule has 1 rings (SSSR count). The van der Waals surface area contributed by atoms with Gasteiger partial charge in [0.05, 0.1) is 26.0 Å². The predicted octanol–water partition coefficient (Wildman–Crippen LogP) is 1.79. The molecule has 72 valence electrons. The molecule has 2 nitrogen and oxygen atoms in total. The Morgan fingerprint density at radius 2 is 1.92 bits per heavy atom. The van der Waals surface area contributed by atoms with Crippen LogP contribution in [0.2, 0.25) is 19.6 Å². The smallest absolute Gasteiger partial charge is 0.0815 e. The number of hydrogen-bond acceptors (Lipinski definition) is 2. The van der Waals surface area contributed by atoms with E-state index in [-0.39, 0.29) is 11.8 Å². The van der Waals surface area contributed by atoms with Crippen LogP contribution in [0.1, 0.15) is 19.8 Å². The van der Waals surface area contributed by atoms with Crippen molar-refractivity contribution < 1.29 is 9.84 Å². The molecule has 12 heavy (non-hydrogen) atoms. The van der Waals surface area contributed by atoms with Crippen LogP contribution in [-0.4, -0.2) is 31.1 Å². The second kappa shape index (κ2) is 3.48. The molecule has 0 aromatic heterocycles. The van der Waals surface area contributed by atoms with Crippen LogP contribution in [0.3, 0.4) is 0 Å². The molecule has 0 aromatic rings. The summed E-state index contributed by atoms with van der Waals surface area (Å²) < 4.78 is 5.63. The monoisotopic (exact) mass is 188 g/mol. The van der Waals surface area contributed by atoms with Crippen molar-refractivity contribution in [2.75, 3.05) is 0 Å². The Kier molecular flexibility index (Phi) is 2.96. The number of aliphatic hydroxyl groups excluding tert-OH is 1. The maximum absolute atomic E-state index is 9.94. The summed E-state index contributed by atoms with van der Waals surface area (Å²) in [4.78, 5) is 0. The van der Waals surface area contributed by atoms with Crippen LogP contribution in [0.4, 0.5) is 0 Å². The molecular weight excluding hydrogens is 168 g/mol. The van der Waals surface area contributed by atoms with Crippen LogP contribution in [-0.2, 0) is 4.74 Å². The van der Waals surface area contributed by atoms with E-state index in [0.717, 1.165) is 12.8 Å². The van der Waals surface area contributed by atoms with Crippen LogP contribution in [0.15, 0.2) is 0 Å². The van der Waals surface area contributed by atoms with Crippen LogP contribution >= 0.6 is 0 Å². The molecule has 3 heteroatoms. The van der Waals surface area contributed by atoms with Gasteiger partial charge < -0.3 is 9.84 Å². The van der Waals surface area contributed by atoms with E-state index in [1.807, 2.05) is 0 Å². The van der Waals surface area contributed by atoms with Gasteiger partial charge in [-0.05, 0) is 19.8 Å². The van der Waals surface area contributed by atoms with Crippen molar-refractivity contribution in [2.24, 2.45) is 0 Å². The molecule has 1 N–H and O–H groups in total. The molecule has 1 saturated heterocycles. The molecule has 1 aliphatic rings. The van der Waals surface area contributed by atoms with E-state index < -0.39 is 8.07 Å². The lowest BCUT2D eigenvalue weighted by Crippen LogP contribution is -2.46. The maximum atomic E-state index is 9.94. The van der Waals surface area contributed by atoms with Gasteiger partial charge in [-0.1, -0.05) is 19.6 Å². The Bertz CT molecular complexity index is 153. The van der Waals surface area contributed by atoms with E-state index in [2.05, 4.69) is 26.6 Å². The normalized spacial score (nSPS) is 33.8. The number of rotatable bonds is 2. The van der Waals surface area contributed by atoms with Crippen LogP contribution in [0.25, 0.3) is 0 Å². The van der Waals surface area contributed by atoms with Crippen molar-refractivity contribution in [3.63, 3.8) is 0 Å². The topological polar surface area (TPSA) is 29.5 Å². The minimum atomic E-state index is -1.42. The quantitative estimate of drug-likeness (QED) is 0.670. The zero-order valence-electron chi connectivity index (χ0n) is 8.50. The van der Waals surface area contributed by atoms with E-state index in [1.54, 1.807) is 0 Å². The van der Waals surface area contributed by atoms with Crippen molar-refractivity contribution in [1.82, 2.24) is 0 Å². The fourth-order valence-electron chi connectivity index (χ4n) is 1.62. The molecule has 0 amide bonds. The highest BCUT2D eigenvalue weighted by atomic mass is 28.3. The zero-order chi connectivity index (χ0) is 9.35. The van der Waals surface area contributed by atoms with Gasteiger partial charge in [0.2, 0.25) is 0 Å². The van der Waals surface area contributed by atoms with Crippen LogP contribution < -0.4 is 0 Å². The molecule has 0 aromatic carbocycles. The van der Waals surface area contributed by atoms with Gasteiger partial charge in [0.15, 0.2) is 0 Å². The van der Waals surface area contributed by atoms with E-state index in [9.17, 15) is 5.11 Å². The average molecular weight is 188 g/mol. The van der Waals surface area contributed by atoms with E-state index in [1.165, 1.54) is 0 Å². The summed E-state index contributed by atoms with van der Waals surface area (Å²) in [6.07, 6.45) is 2.60. The summed E-state index contributed by atoms with van der Waals surface area (Å²) in [5, 5.41) is 9.94. The van der Waals surface area contributed by atoms with Gasteiger partial charge in [0, 0.05) is 0 Å². The summed E-state index contributed by atoms with van der Waals surface area (Å²) in [6.45, 7) is 8.63. The van der Waals surface area contributed by atoms with Crippen LogP contribution in [0, 0.1) is 0 Å². The zero-order valence-corrected chi connectivity index (χ0v) is 9.50. The number of aliphatic hydroxyl groups is 1. The standard InChI is InChI=1S/C9H20O2Si/c1-7-5-6-8(11-7)9(10)12(2,3)4/h7-10H,5-6H2,1-4H3/t7-,8?,9+/m0/s1. The summed E-state index contributed by atoms with van der Waals surface area (Å²) in [5.74, 6) is 0. The van der Waals surface area contributed by atoms with E-state index in [0.29, 0.717) is 6.10 Å². The third kappa shape index (κ3) is 2.31. The predicted molar refractivity (Wildman–Crippen MR) is 52.9 cm³/mol. The highest BCUT2D eigenvalue weighted by molar-refractivity contribution is 6.77. The SMILES string of the molecule is C[C@H]1CCC([C@H](O)[Si](C)(C)C)O1. The third-order valence-electron chi connectivity index (χ3n) is 2.50. The summed E-state index contributed by atoms with van der Waals surface area (Å²) >= 11 is 0. The lowest BCUT2D eigenvalue weighted by atomic mass is 10.2. The Morgan fingerprint density at radius 3 is 2.25 bits per heavy atom. The number of ether oxygens (including phenoxy) is 1. The van der Waals surface area contributed by atoms with Crippen molar-refractivity contribution in [3.8, 4) is 0 Å². The Balaban J connectivity index is 2.48. The lowest BCUT2D eigenvalue weighted by molar-refractivity contribution is -0.000442. The van der Waals surface area contributed by atoms with Gasteiger partial charge in [-0.3, -0.25) is 0 Å². The van der Waals surface area contributed by atoms with E-state index >= 15 is 0 Å². The largest absolute Gasteiger partial charge is 0.394 e. The summed E-state index contributed by atoms with van der Waals surface area (Å²) in [5.41, 5.74) is -0.192. The minimum absolute atomic E-state index is 0.117. The molecule has 0 radical (unpaired) electrons. The summed E-state index contributed by atoms with van der Waals surface area (Å²) in [7, 11) is -1.42. The van der Waals surface area contributed by atoms with Crippen LogP contribution in [0.5, 0.6) is 0 Å². The Labute approximate surface area is 75.9 Å². The summed E-state index contributed by atoms with van der Waals surface area (Å²) in [6, 6.07) is 0. The second-order valence-corrected chi connectivity index (χ2v) is 10.2. The molecule has 0 aliphatic carbocycles. The fraction of sp³-hybridized carbons (Fsp3) is 1.00. The molecule has 0 bridgehead atoms. The maximum Gasteiger partial charge on any atom is 0.0815 e. The van der Waals surface area contributed by atoms with Crippen molar-refractivity contribution in [3.05, 3.63) is 0 Å². The Hall–Kier alpha value is 0.137. The molecule has 1 fully saturated rings. The van der Waals surface area contributed by atoms with Crippen molar-refractivity contribution >= 4 is 8.07 Å². The molecule has 3 atom stereocenters. The first-order valence-corrected chi connectivity index (χ1v) is 8.32. The highest BCUT2D eigenvalue weighted by Gasteiger charge is 2.36. The molecule has 1 unspecified atom stereocenters. The van der Waals surface area contributed by atoms with Gasteiger partial charge >= 0.3 is 0 Å². The first kappa shape index (κ1) is 10.2. The third-order valence-corrected chi connectivity index (χ3v) is 4.65. The highest BCUT2D eigenvalue weighted by Crippen LogP contribution is 2.25. The van der Waals surface area contributed by atoms with Gasteiger partial charge in [0.25, 0.3) is 0 Å². The number of hydrogen-bond donors (Lipinski definition) is 1. The lowest BCUT2D eigenvalue weighted by Gasteiger charge is -2.28. The molecular formula is C9H20O2Si. The van der Waals surface area contributed by atoms with Gasteiger partial charge in [-0.2, -0.15) is 0 Å². The Morgan fingerprint density at radius 1 is 1.33 bits per heavy atom. The first-order valence-electron chi connectivity index (χ1n) is 4.75. The first-order chi connectivity index (χ1) is 5.41. The molecule has 0 spiro atoms. The second-order valence-electron chi connectivity index (χ2n) is 4.87. The minimum Gasteiger partial charge on any atom is -0.394 e. The van der Waals surface area contributed by atoms with Gasteiger partial charge in [-0.15, -0.1) is 0 Å². The fourth-order valence-corrected chi connectivity index (χ4v) is 2.98. The van der Waals surface area contributed by atoms with E-state index in [4.69, 9.17) is 4.74 Å². The molecule has 0 saturated carbocycles. The average Bonchev–Trinajstić information content (AvgIpc) is 2.32. The molecule has 1 aliphatic heterocycles.